The van der Waals surface area contributed by atoms with Crippen LogP contribution in [0.1, 0.15) is 0 Å². The summed E-state index contributed by atoms with van der Waals surface area (Å²) in [5.74, 6) is 0. The van der Waals surface area contributed by atoms with Crippen LogP contribution in [-0.2, 0) is 0 Å². The van der Waals surface area contributed by atoms with Crippen molar-refractivity contribution in [3.05, 3.63) is 34.4 Å². The fourth-order valence-electron chi connectivity index (χ4n) is 0.892. The SMILES string of the molecule is Fc1nc(Br)cn1-c1cccs1. The van der Waals surface area contributed by atoms with Gasteiger partial charge in [-0.25, -0.2) is 0 Å². The van der Waals surface area contributed by atoms with Crippen LogP contribution >= 0.6 is 27.3 Å². The van der Waals surface area contributed by atoms with E-state index in [-0.39, 0.29) is 0 Å². The molecule has 0 aromatic carbocycles. The number of hydrogen-bond acceptors (Lipinski definition) is 2. The number of hydrogen-bond donors (Lipinski definition) is 0. The van der Waals surface area contributed by atoms with Gasteiger partial charge < -0.3 is 0 Å². The Morgan fingerprint density at radius 3 is 2.92 bits per heavy atom. The average molecular weight is 247 g/mol. The van der Waals surface area contributed by atoms with Crippen molar-refractivity contribution in [3.8, 4) is 5.00 Å². The number of aromatic nitrogens is 2. The molecule has 5 heteroatoms. The fourth-order valence-corrected chi connectivity index (χ4v) is 1.94. The molecule has 0 aliphatic heterocycles. The molecule has 0 N–H and O–H groups in total. The summed E-state index contributed by atoms with van der Waals surface area (Å²) < 4.78 is 14.9. The zero-order chi connectivity index (χ0) is 8.55. The third-order valence-corrected chi connectivity index (χ3v) is 2.63. The van der Waals surface area contributed by atoms with Gasteiger partial charge in [0.05, 0.1) is 0 Å². The molecule has 2 rings (SSSR count). The monoisotopic (exact) mass is 246 g/mol. The number of halogens is 2. The summed E-state index contributed by atoms with van der Waals surface area (Å²) >= 11 is 4.57. The Labute approximate surface area is 80.8 Å². The molecule has 12 heavy (non-hydrogen) atoms. The molecule has 0 radical (unpaired) electrons. The number of rotatable bonds is 1. The van der Waals surface area contributed by atoms with E-state index in [1.54, 1.807) is 6.20 Å². The number of imidazole rings is 1. The van der Waals surface area contributed by atoms with Crippen molar-refractivity contribution in [2.24, 2.45) is 0 Å². The van der Waals surface area contributed by atoms with Crippen LogP contribution < -0.4 is 0 Å². The molecule has 0 unspecified atom stereocenters. The normalized spacial score (nSPS) is 10.5. The van der Waals surface area contributed by atoms with Crippen LogP contribution in [0.3, 0.4) is 0 Å². The average Bonchev–Trinajstić information content (AvgIpc) is 2.58. The van der Waals surface area contributed by atoms with Gasteiger partial charge in [0.1, 0.15) is 9.60 Å². The van der Waals surface area contributed by atoms with Gasteiger partial charge in [-0.15, -0.1) is 11.3 Å². The number of thiophene rings is 1. The minimum absolute atomic E-state index is 0.496. The Bertz CT molecular complexity index is 382. The van der Waals surface area contributed by atoms with Crippen LogP contribution in [0.5, 0.6) is 0 Å². The lowest BCUT2D eigenvalue weighted by molar-refractivity contribution is 0.524. The minimum Gasteiger partial charge on any atom is -0.266 e. The second-order valence-corrected chi connectivity index (χ2v) is 3.89. The summed E-state index contributed by atoms with van der Waals surface area (Å²) in [4.78, 5) is 3.59. The van der Waals surface area contributed by atoms with E-state index in [0.717, 1.165) is 5.00 Å². The summed E-state index contributed by atoms with van der Waals surface area (Å²) in [6, 6.07) is 3.70. The second-order valence-electron chi connectivity index (χ2n) is 2.15. The molecule has 0 atom stereocenters. The maximum absolute atomic E-state index is 13.0. The highest BCUT2D eigenvalue weighted by Crippen LogP contribution is 2.19. The van der Waals surface area contributed by atoms with Gasteiger partial charge in [-0.2, -0.15) is 9.37 Å². The van der Waals surface area contributed by atoms with Crippen LogP contribution in [0.2, 0.25) is 0 Å². The van der Waals surface area contributed by atoms with Crippen LogP contribution in [-0.4, -0.2) is 9.55 Å². The van der Waals surface area contributed by atoms with Crippen molar-refractivity contribution in [3.63, 3.8) is 0 Å². The lowest BCUT2D eigenvalue weighted by atomic mass is 10.6. The Morgan fingerprint density at radius 1 is 1.58 bits per heavy atom. The van der Waals surface area contributed by atoms with Crippen molar-refractivity contribution in [1.82, 2.24) is 9.55 Å². The highest BCUT2D eigenvalue weighted by Gasteiger charge is 2.06. The lowest BCUT2D eigenvalue weighted by Gasteiger charge is -1.94. The molecule has 0 bridgehead atoms. The highest BCUT2D eigenvalue weighted by molar-refractivity contribution is 9.10. The van der Waals surface area contributed by atoms with Crippen LogP contribution in [0.4, 0.5) is 4.39 Å². The Hall–Kier alpha value is -0.680. The smallest absolute Gasteiger partial charge is 0.266 e. The van der Waals surface area contributed by atoms with E-state index in [1.807, 2.05) is 17.5 Å². The van der Waals surface area contributed by atoms with E-state index < -0.39 is 6.08 Å². The quantitative estimate of drug-likeness (QED) is 0.757. The van der Waals surface area contributed by atoms with Gasteiger partial charge in [0.2, 0.25) is 0 Å². The molecule has 2 aromatic rings. The van der Waals surface area contributed by atoms with E-state index in [4.69, 9.17) is 0 Å². The van der Waals surface area contributed by atoms with Gasteiger partial charge in [0.25, 0.3) is 6.08 Å². The zero-order valence-electron chi connectivity index (χ0n) is 5.87. The first-order valence-corrected chi connectivity index (χ1v) is 4.89. The minimum atomic E-state index is -0.496. The first-order valence-electron chi connectivity index (χ1n) is 3.21. The van der Waals surface area contributed by atoms with E-state index in [1.165, 1.54) is 15.9 Å². The van der Waals surface area contributed by atoms with Gasteiger partial charge in [-0.1, -0.05) is 0 Å². The molecular weight excluding hydrogens is 243 g/mol. The van der Waals surface area contributed by atoms with Crippen LogP contribution in [0, 0.1) is 6.08 Å². The standard InChI is InChI=1S/C7H4BrFN2S/c8-5-4-11(7(9)10-5)6-2-1-3-12-6/h1-4H. The predicted octanol–water partition coefficient (Wildman–Crippen LogP) is 2.84. The zero-order valence-corrected chi connectivity index (χ0v) is 8.27. The second kappa shape index (κ2) is 2.99. The maximum atomic E-state index is 13.0. The molecule has 2 heterocycles. The molecule has 2 nitrogen and oxygen atoms in total. The molecule has 0 saturated carbocycles. The Kier molecular flexibility index (Phi) is 1.98. The topological polar surface area (TPSA) is 17.8 Å². The molecule has 0 spiro atoms. The molecule has 0 fully saturated rings. The van der Waals surface area contributed by atoms with Gasteiger partial charge in [0.15, 0.2) is 0 Å². The summed E-state index contributed by atoms with van der Waals surface area (Å²) in [6.07, 6.45) is 1.10. The van der Waals surface area contributed by atoms with E-state index >= 15 is 0 Å². The summed E-state index contributed by atoms with van der Waals surface area (Å²) in [5.41, 5.74) is 0. The highest BCUT2D eigenvalue weighted by atomic mass is 79.9. The summed E-state index contributed by atoms with van der Waals surface area (Å²) in [5, 5.41) is 2.72. The van der Waals surface area contributed by atoms with Crippen molar-refractivity contribution in [1.29, 1.82) is 0 Å². The summed E-state index contributed by atoms with van der Waals surface area (Å²) in [7, 11) is 0. The van der Waals surface area contributed by atoms with Crippen molar-refractivity contribution in [2.75, 3.05) is 0 Å². The Balaban J connectivity index is 2.54. The summed E-state index contributed by atoms with van der Waals surface area (Å²) in [6.45, 7) is 0. The molecule has 62 valence electrons. The predicted molar refractivity (Wildman–Crippen MR) is 49.1 cm³/mol. The maximum Gasteiger partial charge on any atom is 0.295 e. The molecule has 0 aliphatic rings. The molecule has 0 aliphatic carbocycles. The van der Waals surface area contributed by atoms with Crippen LogP contribution in [0.15, 0.2) is 28.3 Å². The first kappa shape index (κ1) is 7.94. The van der Waals surface area contributed by atoms with Crippen LogP contribution in [0.25, 0.3) is 5.00 Å². The van der Waals surface area contributed by atoms with Gasteiger partial charge in [-0.3, -0.25) is 4.57 Å². The number of nitrogens with zero attached hydrogens (tertiary/aromatic N) is 2. The molecule has 2 aromatic heterocycles. The molecule has 0 amide bonds. The van der Waals surface area contributed by atoms with Gasteiger partial charge >= 0.3 is 0 Å². The van der Waals surface area contributed by atoms with Crippen molar-refractivity contribution in [2.45, 2.75) is 0 Å². The van der Waals surface area contributed by atoms with E-state index in [2.05, 4.69) is 20.9 Å². The Morgan fingerprint density at radius 2 is 2.42 bits per heavy atom. The van der Waals surface area contributed by atoms with E-state index in [9.17, 15) is 4.39 Å². The van der Waals surface area contributed by atoms with Crippen molar-refractivity contribution < 1.29 is 4.39 Å². The third-order valence-electron chi connectivity index (χ3n) is 1.38. The molecule has 0 saturated heterocycles. The lowest BCUT2D eigenvalue weighted by Crippen LogP contribution is -1.92. The van der Waals surface area contributed by atoms with E-state index in [0.29, 0.717) is 4.60 Å². The first-order chi connectivity index (χ1) is 5.77. The molecular formula is C7H4BrFN2S. The fraction of sp³-hybridized carbons (Fsp3) is 0. The van der Waals surface area contributed by atoms with Crippen molar-refractivity contribution >= 4 is 27.3 Å². The largest absolute Gasteiger partial charge is 0.295 e. The van der Waals surface area contributed by atoms with Gasteiger partial charge in [0, 0.05) is 6.20 Å². The third kappa shape index (κ3) is 1.30. The van der Waals surface area contributed by atoms with Gasteiger partial charge in [-0.05, 0) is 33.4 Å².